The van der Waals surface area contributed by atoms with Gasteiger partial charge in [0.2, 0.25) is 0 Å². The van der Waals surface area contributed by atoms with Gasteiger partial charge in [0.1, 0.15) is 17.5 Å². The SMILES string of the molecule is Nc1cc(C(=O)Nc2c(F)cccc2Cl)c(F)cc1F. The predicted molar refractivity (Wildman–Crippen MR) is 70.1 cm³/mol. The Labute approximate surface area is 117 Å². The van der Waals surface area contributed by atoms with Crippen molar-refractivity contribution in [3.8, 4) is 0 Å². The van der Waals surface area contributed by atoms with E-state index in [1.165, 1.54) is 12.1 Å². The van der Waals surface area contributed by atoms with Gasteiger partial charge in [0.05, 0.1) is 22.0 Å². The second-order valence-corrected chi connectivity index (χ2v) is 4.31. The molecular weight excluding hydrogens is 293 g/mol. The number of carbonyl (C=O) groups is 1. The predicted octanol–water partition coefficient (Wildman–Crippen LogP) is 3.59. The van der Waals surface area contributed by atoms with E-state index >= 15 is 0 Å². The summed E-state index contributed by atoms with van der Waals surface area (Å²) in [5.41, 5.74) is 4.07. The van der Waals surface area contributed by atoms with Crippen molar-refractivity contribution < 1.29 is 18.0 Å². The average Bonchev–Trinajstić information content (AvgIpc) is 2.38. The van der Waals surface area contributed by atoms with Crippen LogP contribution in [0, 0.1) is 17.5 Å². The molecule has 2 aromatic rings. The second-order valence-electron chi connectivity index (χ2n) is 3.90. The third-order valence-corrected chi connectivity index (χ3v) is 2.85. The molecule has 0 aliphatic rings. The van der Waals surface area contributed by atoms with Crippen LogP contribution in [0.4, 0.5) is 24.5 Å². The van der Waals surface area contributed by atoms with Crippen LogP contribution in [0.15, 0.2) is 30.3 Å². The number of nitrogens with one attached hydrogen (secondary N) is 1. The molecule has 3 N–H and O–H groups in total. The first-order valence-electron chi connectivity index (χ1n) is 5.40. The molecule has 0 atom stereocenters. The van der Waals surface area contributed by atoms with Crippen LogP contribution in [0.1, 0.15) is 10.4 Å². The first-order chi connectivity index (χ1) is 9.40. The summed E-state index contributed by atoms with van der Waals surface area (Å²) in [5, 5.41) is 2.07. The minimum atomic E-state index is -1.11. The van der Waals surface area contributed by atoms with Gasteiger partial charge in [-0.3, -0.25) is 4.79 Å². The fraction of sp³-hybridized carbons (Fsp3) is 0. The monoisotopic (exact) mass is 300 g/mol. The zero-order valence-electron chi connectivity index (χ0n) is 9.88. The zero-order valence-corrected chi connectivity index (χ0v) is 10.6. The number of nitrogens with two attached hydrogens (primary N) is 1. The number of benzene rings is 2. The second kappa shape index (κ2) is 5.42. The van der Waals surface area contributed by atoms with Gasteiger partial charge in [-0.2, -0.15) is 0 Å². The minimum absolute atomic E-state index is 0.0474. The van der Waals surface area contributed by atoms with Gasteiger partial charge in [0.15, 0.2) is 0 Å². The largest absolute Gasteiger partial charge is 0.396 e. The highest BCUT2D eigenvalue weighted by Gasteiger charge is 2.17. The van der Waals surface area contributed by atoms with Crippen molar-refractivity contribution in [1.82, 2.24) is 0 Å². The molecule has 0 fully saturated rings. The molecule has 0 unspecified atom stereocenters. The van der Waals surface area contributed by atoms with E-state index in [2.05, 4.69) is 5.32 Å². The van der Waals surface area contributed by atoms with E-state index in [4.69, 9.17) is 17.3 Å². The molecule has 2 aromatic carbocycles. The molecule has 3 nitrogen and oxygen atoms in total. The van der Waals surface area contributed by atoms with Crippen LogP contribution < -0.4 is 11.1 Å². The van der Waals surface area contributed by atoms with Crippen molar-refractivity contribution in [2.24, 2.45) is 0 Å². The summed E-state index contributed by atoms with van der Waals surface area (Å²) < 4.78 is 40.0. The Morgan fingerprint density at radius 2 is 1.80 bits per heavy atom. The highest BCUT2D eigenvalue weighted by atomic mass is 35.5. The van der Waals surface area contributed by atoms with Gasteiger partial charge in [0, 0.05) is 6.07 Å². The lowest BCUT2D eigenvalue weighted by molar-refractivity contribution is 0.102. The summed E-state index contributed by atoms with van der Waals surface area (Å²) in [4.78, 5) is 11.8. The van der Waals surface area contributed by atoms with E-state index in [1.807, 2.05) is 0 Å². The number of rotatable bonds is 2. The molecule has 0 spiro atoms. The van der Waals surface area contributed by atoms with Crippen LogP contribution in [0.2, 0.25) is 5.02 Å². The standard InChI is InChI=1S/C13H8ClF3N2O/c14-7-2-1-3-8(15)12(7)19-13(20)6-4-11(18)10(17)5-9(6)16/h1-5H,18H2,(H,19,20). The molecule has 0 saturated heterocycles. The van der Waals surface area contributed by atoms with Crippen molar-refractivity contribution in [1.29, 1.82) is 0 Å². The number of nitrogen functional groups attached to an aromatic ring is 1. The van der Waals surface area contributed by atoms with Crippen LogP contribution in [0.5, 0.6) is 0 Å². The van der Waals surface area contributed by atoms with Crippen LogP contribution in [-0.2, 0) is 0 Å². The smallest absolute Gasteiger partial charge is 0.258 e. The van der Waals surface area contributed by atoms with Crippen LogP contribution in [0.3, 0.4) is 0 Å². The Bertz CT molecular complexity index is 671. The first-order valence-corrected chi connectivity index (χ1v) is 5.78. The quantitative estimate of drug-likeness (QED) is 0.833. The lowest BCUT2D eigenvalue weighted by Crippen LogP contribution is -2.16. The Kier molecular flexibility index (Phi) is 3.85. The van der Waals surface area contributed by atoms with E-state index in [1.54, 1.807) is 0 Å². The van der Waals surface area contributed by atoms with Gasteiger partial charge in [-0.15, -0.1) is 0 Å². The molecule has 0 heterocycles. The summed E-state index contributed by atoms with van der Waals surface area (Å²) in [6.45, 7) is 0. The van der Waals surface area contributed by atoms with E-state index in [0.717, 1.165) is 12.1 Å². The maximum Gasteiger partial charge on any atom is 0.258 e. The number of para-hydroxylation sites is 1. The molecular formula is C13H8ClF3N2O. The summed E-state index contributed by atoms with van der Waals surface area (Å²) >= 11 is 5.72. The molecule has 0 bridgehead atoms. The molecule has 104 valence electrons. The fourth-order valence-electron chi connectivity index (χ4n) is 1.54. The van der Waals surface area contributed by atoms with Crippen LogP contribution in [-0.4, -0.2) is 5.91 Å². The maximum atomic E-state index is 13.5. The maximum absolute atomic E-state index is 13.5. The molecule has 7 heteroatoms. The van der Waals surface area contributed by atoms with Crippen molar-refractivity contribution in [2.75, 3.05) is 11.1 Å². The molecule has 0 radical (unpaired) electrons. The molecule has 0 saturated carbocycles. The third-order valence-electron chi connectivity index (χ3n) is 2.53. The van der Waals surface area contributed by atoms with E-state index in [0.29, 0.717) is 6.07 Å². The van der Waals surface area contributed by atoms with E-state index in [-0.39, 0.29) is 10.7 Å². The number of amides is 1. The molecule has 0 aliphatic carbocycles. The molecule has 20 heavy (non-hydrogen) atoms. The Balaban J connectivity index is 2.36. The summed E-state index contributed by atoms with van der Waals surface area (Å²) in [6, 6.07) is 5.10. The Morgan fingerprint density at radius 3 is 2.45 bits per heavy atom. The van der Waals surface area contributed by atoms with E-state index < -0.39 is 34.6 Å². The normalized spacial score (nSPS) is 10.4. The number of halogens is 4. The average molecular weight is 301 g/mol. The third kappa shape index (κ3) is 2.70. The van der Waals surface area contributed by atoms with Gasteiger partial charge < -0.3 is 11.1 Å². The van der Waals surface area contributed by atoms with Crippen molar-refractivity contribution in [2.45, 2.75) is 0 Å². The van der Waals surface area contributed by atoms with Crippen molar-refractivity contribution in [3.05, 3.63) is 58.4 Å². The zero-order chi connectivity index (χ0) is 14.9. The summed E-state index contributed by atoms with van der Waals surface area (Å²) in [7, 11) is 0. The van der Waals surface area contributed by atoms with Crippen molar-refractivity contribution in [3.63, 3.8) is 0 Å². The highest BCUT2D eigenvalue weighted by Crippen LogP contribution is 2.26. The number of carbonyl (C=O) groups excluding carboxylic acids is 1. The van der Waals surface area contributed by atoms with Gasteiger partial charge >= 0.3 is 0 Å². The van der Waals surface area contributed by atoms with Gasteiger partial charge in [-0.05, 0) is 18.2 Å². The lowest BCUT2D eigenvalue weighted by Gasteiger charge is -2.09. The fourth-order valence-corrected chi connectivity index (χ4v) is 1.75. The lowest BCUT2D eigenvalue weighted by atomic mass is 10.1. The van der Waals surface area contributed by atoms with Crippen LogP contribution >= 0.6 is 11.6 Å². The Morgan fingerprint density at radius 1 is 1.10 bits per heavy atom. The van der Waals surface area contributed by atoms with Crippen molar-refractivity contribution >= 4 is 28.9 Å². The van der Waals surface area contributed by atoms with Crippen LogP contribution in [0.25, 0.3) is 0 Å². The molecule has 0 aromatic heterocycles. The first kappa shape index (κ1) is 14.2. The summed E-state index contributed by atoms with van der Waals surface area (Å²) in [5.74, 6) is -3.85. The minimum Gasteiger partial charge on any atom is -0.396 e. The molecule has 2 rings (SSSR count). The highest BCUT2D eigenvalue weighted by molar-refractivity contribution is 6.34. The Hall–Kier alpha value is -2.21. The number of anilines is 2. The van der Waals surface area contributed by atoms with Gasteiger partial charge in [-0.25, -0.2) is 13.2 Å². The topological polar surface area (TPSA) is 55.1 Å². The van der Waals surface area contributed by atoms with E-state index in [9.17, 15) is 18.0 Å². The summed E-state index contributed by atoms with van der Waals surface area (Å²) in [6.07, 6.45) is 0. The number of hydrogen-bond donors (Lipinski definition) is 2. The number of hydrogen-bond acceptors (Lipinski definition) is 2. The van der Waals surface area contributed by atoms with Gasteiger partial charge in [0.25, 0.3) is 5.91 Å². The molecule has 0 aliphatic heterocycles. The molecule has 1 amide bonds. The van der Waals surface area contributed by atoms with Gasteiger partial charge in [-0.1, -0.05) is 17.7 Å².